The standard InChI is InChI=1S/C30H31N5O/c1-29(36)17-30(31,18-29)23-12-10-21(11-13-23)27-24(19-6-3-2-4-7-19)14-22-16-32-26-15-25(20-8-5-9-20)34-35(26)28(22)33-27/h2-4,6-7,10,12-16,20-21,36H,5,8-9,11,17-18,31H2,1H3. The zero-order chi connectivity index (χ0) is 24.5. The number of hydrogen-bond donors (Lipinski definition) is 2. The highest BCUT2D eigenvalue weighted by atomic mass is 16.3. The number of rotatable bonds is 4. The first-order valence-electron chi connectivity index (χ1n) is 13.0. The van der Waals surface area contributed by atoms with Gasteiger partial charge in [-0.3, -0.25) is 0 Å². The van der Waals surface area contributed by atoms with Crippen LogP contribution in [0, 0.1) is 0 Å². The predicted octanol–water partition coefficient (Wildman–Crippen LogP) is 5.42. The highest BCUT2D eigenvalue weighted by Gasteiger charge is 2.50. The van der Waals surface area contributed by atoms with Gasteiger partial charge >= 0.3 is 0 Å². The lowest BCUT2D eigenvalue weighted by Crippen LogP contribution is -2.61. The lowest BCUT2D eigenvalue weighted by molar-refractivity contribution is -0.0569. The van der Waals surface area contributed by atoms with Gasteiger partial charge in [-0.05, 0) is 56.2 Å². The normalized spacial score (nSPS) is 28.2. The van der Waals surface area contributed by atoms with Crippen LogP contribution in [0.2, 0.25) is 0 Å². The van der Waals surface area contributed by atoms with E-state index in [1.165, 1.54) is 19.3 Å². The van der Waals surface area contributed by atoms with Crippen molar-refractivity contribution in [2.45, 2.75) is 68.4 Å². The number of aromatic nitrogens is 4. The Morgan fingerprint density at radius 2 is 1.92 bits per heavy atom. The molecule has 2 saturated carbocycles. The largest absolute Gasteiger partial charge is 0.390 e. The van der Waals surface area contributed by atoms with Crippen molar-refractivity contribution in [2.75, 3.05) is 0 Å². The van der Waals surface area contributed by atoms with E-state index in [0.29, 0.717) is 18.8 Å². The molecule has 7 rings (SSSR count). The third-order valence-corrected chi connectivity index (χ3v) is 8.33. The minimum Gasteiger partial charge on any atom is -0.390 e. The molecule has 182 valence electrons. The molecule has 6 heteroatoms. The second-order valence-corrected chi connectivity index (χ2v) is 11.3. The van der Waals surface area contributed by atoms with Crippen LogP contribution >= 0.6 is 0 Å². The van der Waals surface area contributed by atoms with E-state index in [1.54, 1.807) is 0 Å². The maximum Gasteiger partial charge on any atom is 0.164 e. The van der Waals surface area contributed by atoms with E-state index >= 15 is 0 Å². The van der Waals surface area contributed by atoms with Gasteiger partial charge in [0.25, 0.3) is 0 Å². The summed E-state index contributed by atoms with van der Waals surface area (Å²) in [5.74, 6) is 0.674. The zero-order valence-corrected chi connectivity index (χ0v) is 20.6. The SMILES string of the molecule is CC1(O)CC(N)(C2=CCC(c3nc4c(cnc5cc(C6CCC6)nn54)cc3-c3ccccc3)C=C2)C1. The van der Waals surface area contributed by atoms with Crippen molar-refractivity contribution in [3.05, 3.63) is 83.9 Å². The summed E-state index contributed by atoms with van der Waals surface area (Å²) in [6.45, 7) is 1.86. The first-order chi connectivity index (χ1) is 17.4. The summed E-state index contributed by atoms with van der Waals surface area (Å²) in [6, 6.07) is 14.8. The summed E-state index contributed by atoms with van der Waals surface area (Å²) in [4.78, 5) is 9.99. The summed E-state index contributed by atoms with van der Waals surface area (Å²) in [5.41, 5.74) is 12.8. The zero-order valence-electron chi connectivity index (χ0n) is 20.6. The fourth-order valence-corrected chi connectivity index (χ4v) is 6.31. The fraction of sp³-hybridized carbons (Fsp3) is 0.367. The fourth-order valence-electron chi connectivity index (χ4n) is 6.31. The van der Waals surface area contributed by atoms with Crippen LogP contribution in [0.15, 0.2) is 72.5 Å². The molecule has 1 atom stereocenters. The summed E-state index contributed by atoms with van der Waals surface area (Å²) in [6.07, 6.45) is 14.3. The van der Waals surface area contributed by atoms with Crippen LogP contribution < -0.4 is 5.73 Å². The molecule has 3 aliphatic carbocycles. The second kappa shape index (κ2) is 7.82. The molecule has 0 radical (unpaired) electrons. The van der Waals surface area contributed by atoms with E-state index in [-0.39, 0.29) is 5.92 Å². The molecule has 0 amide bonds. The molecular formula is C30H31N5O. The smallest absolute Gasteiger partial charge is 0.164 e. The summed E-state index contributed by atoms with van der Waals surface area (Å²) in [5, 5.41) is 16.2. The molecule has 0 aliphatic heterocycles. The van der Waals surface area contributed by atoms with E-state index in [4.69, 9.17) is 20.8 Å². The molecule has 3 aliphatic rings. The van der Waals surface area contributed by atoms with Gasteiger partial charge in [-0.2, -0.15) is 9.61 Å². The second-order valence-electron chi connectivity index (χ2n) is 11.3. The van der Waals surface area contributed by atoms with Gasteiger partial charge < -0.3 is 10.8 Å². The minimum atomic E-state index is -0.665. The Hall–Kier alpha value is -3.35. The topological polar surface area (TPSA) is 89.3 Å². The summed E-state index contributed by atoms with van der Waals surface area (Å²) >= 11 is 0. The molecule has 0 bridgehead atoms. The summed E-state index contributed by atoms with van der Waals surface area (Å²) < 4.78 is 1.93. The average Bonchev–Trinajstić information content (AvgIpc) is 3.25. The molecule has 1 unspecified atom stereocenters. The quantitative estimate of drug-likeness (QED) is 0.409. The number of pyridine rings is 1. The Bertz CT molecular complexity index is 1540. The highest BCUT2D eigenvalue weighted by molar-refractivity contribution is 5.84. The minimum absolute atomic E-state index is 0.127. The third kappa shape index (κ3) is 3.51. The van der Waals surface area contributed by atoms with Crippen molar-refractivity contribution < 1.29 is 5.11 Å². The Morgan fingerprint density at radius 3 is 2.58 bits per heavy atom. The molecule has 4 aromatic rings. The molecular weight excluding hydrogens is 446 g/mol. The number of benzene rings is 1. The predicted molar refractivity (Wildman–Crippen MR) is 142 cm³/mol. The van der Waals surface area contributed by atoms with E-state index in [1.807, 2.05) is 23.7 Å². The van der Waals surface area contributed by atoms with Gasteiger partial charge in [0.1, 0.15) is 0 Å². The van der Waals surface area contributed by atoms with Crippen LogP contribution in [0.1, 0.15) is 68.7 Å². The number of aliphatic hydroxyl groups is 1. The maximum atomic E-state index is 10.3. The maximum absolute atomic E-state index is 10.3. The Balaban J connectivity index is 1.32. The number of fused-ring (bicyclic) bond motifs is 3. The van der Waals surface area contributed by atoms with Crippen LogP contribution in [0.3, 0.4) is 0 Å². The van der Waals surface area contributed by atoms with Crippen molar-refractivity contribution in [1.29, 1.82) is 0 Å². The molecule has 3 N–H and O–H groups in total. The molecule has 2 fully saturated rings. The first kappa shape index (κ1) is 21.9. The van der Waals surface area contributed by atoms with Crippen molar-refractivity contribution in [3.8, 4) is 11.1 Å². The Morgan fingerprint density at radius 1 is 1.11 bits per heavy atom. The number of nitrogens with two attached hydrogens (primary N) is 1. The van der Waals surface area contributed by atoms with Gasteiger partial charge in [-0.25, -0.2) is 9.97 Å². The van der Waals surface area contributed by atoms with E-state index in [0.717, 1.165) is 51.2 Å². The van der Waals surface area contributed by atoms with Gasteiger partial charge in [0.15, 0.2) is 11.3 Å². The van der Waals surface area contributed by atoms with Crippen LogP contribution in [-0.4, -0.2) is 35.8 Å². The molecule has 3 aromatic heterocycles. The lowest BCUT2D eigenvalue weighted by atomic mass is 9.62. The Labute approximate surface area is 210 Å². The van der Waals surface area contributed by atoms with Crippen molar-refractivity contribution >= 4 is 16.7 Å². The van der Waals surface area contributed by atoms with Crippen LogP contribution in [0.4, 0.5) is 0 Å². The molecule has 6 nitrogen and oxygen atoms in total. The van der Waals surface area contributed by atoms with E-state index in [2.05, 4.69) is 54.6 Å². The Kier molecular flexibility index (Phi) is 4.76. The van der Waals surface area contributed by atoms with Crippen LogP contribution in [-0.2, 0) is 0 Å². The molecule has 36 heavy (non-hydrogen) atoms. The van der Waals surface area contributed by atoms with Gasteiger partial charge in [-0.15, -0.1) is 0 Å². The monoisotopic (exact) mass is 477 g/mol. The number of nitrogens with zero attached hydrogens (tertiary/aromatic N) is 4. The lowest BCUT2D eigenvalue weighted by Gasteiger charge is -2.50. The number of allylic oxidation sites excluding steroid dienone is 2. The van der Waals surface area contributed by atoms with Gasteiger partial charge in [0.2, 0.25) is 0 Å². The third-order valence-electron chi connectivity index (χ3n) is 8.33. The summed E-state index contributed by atoms with van der Waals surface area (Å²) in [7, 11) is 0. The van der Waals surface area contributed by atoms with Crippen molar-refractivity contribution in [2.24, 2.45) is 5.73 Å². The molecule has 0 spiro atoms. The molecule has 0 saturated heterocycles. The van der Waals surface area contributed by atoms with Gasteiger partial charge in [0.05, 0.1) is 17.0 Å². The highest BCUT2D eigenvalue weighted by Crippen LogP contribution is 2.46. The van der Waals surface area contributed by atoms with Gasteiger partial charge in [0, 0.05) is 40.6 Å². The van der Waals surface area contributed by atoms with Crippen molar-refractivity contribution in [1.82, 2.24) is 19.6 Å². The number of hydrogen-bond acceptors (Lipinski definition) is 5. The van der Waals surface area contributed by atoms with Crippen LogP contribution in [0.5, 0.6) is 0 Å². The van der Waals surface area contributed by atoms with E-state index in [9.17, 15) is 5.11 Å². The van der Waals surface area contributed by atoms with Crippen LogP contribution in [0.25, 0.3) is 27.8 Å². The van der Waals surface area contributed by atoms with Gasteiger partial charge in [-0.1, -0.05) is 55.0 Å². The van der Waals surface area contributed by atoms with E-state index < -0.39 is 11.1 Å². The average molecular weight is 478 g/mol. The molecule has 1 aromatic carbocycles. The first-order valence-corrected chi connectivity index (χ1v) is 13.0. The van der Waals surface area contributed by atoms with Crippen molar-refractivity contribution in [3.63, 3.8) is 0 Å². The molecule has 3 heterocycles.